The summed E-state index contributed by atoms with van der Waals surface area (Å²) in [6.07, 6.45) is 0. The molecule has 1 aromatic heterocycles. The van der Waals surface area contributed by atoms with Crippen LogP contribution in [0.2, 0.25) is 0 Å². The van der Waals surface area contributed by atoms with Crippen LogP contribution in [0, 0.1) is 0 Å². The molecule has 23 heavy (non-hydrogen) atoms. The van der Waals surface area contributed by atoms with Crippen molar-refractivity contribution in [3.8, 4) is 0 Å². The van der Waals surface area contributed by atoms with Crippen molar-refractivity contribution in [2.45, 2.75) is 4.90 Å². The van der Waals surface area contributed by atoms with Gasteiger partial charge in [-0.3, -0.25) is 4.31 Å². The predicted molar refractivity (Wildman–Crippen MR) is 88.6 cm³/mol. The number of hydrogen-bond acceptors (Lipinski definition) is 5. The summed E-state index contributed by atoms with van der Waals surface area (Å²) in [7, 11) is -2.30. The molecule has 0 aliphatic carbocycles. The molecule has 2 aromatic carbocycles. The van der Waals surface area contributed by atoms with Crippen LogP contribution in [0.4, 0.5) is 5.69 Å². The van der Waals surface area contributed by atoms with Gasteiger partial charge in [-0.1, -0.05) is 0 Å². The second-order valence-corrected chi connectivity index (χ2v) is 7.66. The highest BCUT2D eigenvalue weighted by Gasteiger charge is 2.22. The van der Waals surface area contributed by atoms with Gasteiger partial charge in [0.05, 0.1) is 31.9 Å². The maximum atomic E-state index is 12.7. The maximum absolute atomic E-state index is 12.7. The van der Waals surface area contributed by atoms with E-state index in [1.807, 2.05) is 0 Å². The Balaban J connectivity index is 1.98. The molecule has 0 aliphatic heterocycles. The van der Waals surface area contributed by atoms with Crippen LogP contribution < -0.4 is 4.31 Å². The van der Waals surface area contributed by atoms with Crippen LogP contribution in [-0.2, 0) is 10.0 Å². The topological polar surface area (TPSA) is 87.6 Å². The number of carboxylic acids is 1. The Labute approximate surface area is 136 Å². The van der Waals surface area contributed by atoms with E-state index >= 15 is 0 Å². The summed E-state index contributed by atoms with van der Waals surface area (Å²) in [6, 6.07) is 10.4. The third kappa shape index (κ3) is 2.78. The van der Waals surface area contributed by atoms with Gasteiger partial charge in [-0.25, -0.2) is 18.2 Å². The molecule has 0 fully saturated rings. The lowest BCUT2D eigenvalue weighted by molar-refractivity contribution is 0.0697. The molecule has 0 atom stereocenters. The Bertz CT molecular complexity index is 978. The molecule has 1 N–H and O–H groups in total. The van der Waals surface area contributed by atoms with E-state index < -0.39 is 16.0 Å². The van der Waals surface area contributed by atoms with Crippen LogP contribution >= 0.6 is 11.3 Å². The van der Waals surface area contributed by atoms with Gasteiger partial charge in [0, 0.05) is 7.05 Å². The van der Waals surface area contributed by atoms with E-state index in [0.29, 0.717) is 5.69 Å². The van der Waals surface area contributed by atoms with Crippen molar-refractivity contribution in [3.05, 3.63) is 53.5 Å². The van der Waals surface area contributed by atoms with Crippen molar-refractivity contribution in [2.24, 2.45) is 0 Å². The van der Waals surface area contributed by atoms with Gasteiger partial charge in [0.25, 0.3) is 10.0 Å². The van der Waals surface area contributed by atoms with E-state index in [2.05, 4.69) is 4.98 Å². The average molecular weight is 348 g/mol. The summed E-state index contributed by atoms with van der Waals surface area (Å²) in [6.45, 7) is 0. The van der Waals surface area contributed by atoms with E-state index in [-0.39, 0.29) is 10.5 Å². The minimum absolute atomic E-state index is 0.102. The monoisotopic (exact) mass is 348 g/mol. The number of anilines is 1. The van der Waals surface area contributed by atoms with Gasteiger partial charge in [0.2, 0.25) is 0 Å². The van der Waals surface area contributed by atoms with E-state index in [1.165, 1.54) is 48.7 Å². The first-order chi connectivity index (χ1) is 10.9. The van der Waals surface area contributed by atoms with Gasteiger partial charge in [0.1, 0.15) is 0 Å². The first kappa shape index (κ1) is 15.4. The number of thiazole rings is 1. The Hall–Kier alpha value is -2.45. The number of fused-ring (bicyclic) bond motifs is 1. The number of carboxylic acid groups (broad SMARTS) is 1. The number of benzene rings is 2. The summed E-state index contributed by atoms with van der Waals surface area (Å²) in [5, 5.41) is 8.90. The molecule has 0 amide bonds. The number of carbonyl (C=O) groups is 1. The third-order valence-corrected chi connectivity index (χ3v) is 6.01. The maximum Gasteiger partial charge on any atom is 0.335 e. The van der Waals surface area contributed by atoms with Crippen LogP contribution in [0.5, 0.6) is 0 Å². The lowest BCUT2D eigenvalue weighted by Gasteiger charge is -2.19. The fourth-order valence-corrected chi connectivity index (χ4v) is 4.12. The molecule has 1 heterocycles. The second-order valence-electron chi connectivity index (χ2n) is 4.81. The fraction of sp³-hybridized carbons (Fsp3) is 0.0667. The van der Waals surface area contributed by atoms with Gasteiger partial charge in [-0.15, -0.1) is 11.3 Å². The molecule has 8 heteroatoms. The Morgan fingerprint density at radius 1 is 1.17 bits per heavy atom. The number of sulfonamides is 1. The average Bonchev–Trinajstić information content (AvgIpc) is 3.01. The molecule has 0 spiro atoms. The fourth-order valence-electron chi connectivity index (χ4n) is 2.11. The first-order valence-corrected chi connectivity index (χ1v) is 8.87. The summed E-state index contributed by atoms with van der Waals surface area (Å²) in [4.78, 5) is 15.2. The molecule has 118 valence electrons. The largest absolute Gasteiger partial charge is 0.478 e. The normalized spacial score (nSPS) is 11.5. The van der Waals surface area contributed by atoms with Crippen molar-refractivity contribution in [3.63, 3.8) is 0 Å². The first-order valence-electron chi connectivity index (χ1n) is 6.55. The van der Waals surface area contributed by atoms with Gasteiger partial charge >= 0.3 is 5.97 Å². The Morgan fingerprint density at radius 2 is 1.87 bits per heavy atom. The van der Waals surface area contributed by atoms with Crippen LogP contribution in [0.3, 0.4) is 0 Å². The highest BCUT2D eigenvalue weighted by atomic mass is 32.2. The van der Waals surface area contributed by atoms with Crippen molar-refractivity contribution in [1.82, 2.24) is 4.98 Å². The Morgan fingerprint density at radius 3 is 2.52 bits per heavy atom. The molecule has 0 bridgehead atoms. The summed E-state index contributed by atoms with van der Waals surface area (Å²) in [5.74, 6) is -1.06. The lowest BCUT2D eigenvalue weighted by Crippen LogP contribution is -2.26. The van der Waals surface area contributed by atoms with Crippen LogP contribution in [0.25, 0.3) is 10.2 Å². The van der Waals surface area contributed by atoms with E-state index in [4.69, 9.17) is 5.11 Å². The van der Waals surface area contributed by atoms with Crippen molar-refractivity contribution < 1.29 is 18.3 Å². The quantitative estimate of drug-likeness (QED) is 0.783. The molecule has 0 saturated heterocycles. The summed E-state index contributed by atoms with van der Waals surface area (Å²) >= 11 is 1.37. The van der Waals surface area contributed by atoms with Crippen LogP contribution in [0.1, 0.15) is 10.4 Å². The van der Waals surface area contributed by atoms with Crippen LogP contribution in [-0.4, -0.2) is 31.5 Å². The number of aromatic carboxylic acids is 1. The highest BCUT2D eigenvalue weighted by Crippen LogP contribution is 2.26. The summed E-state index contributed by atoms with van der Waals surface area (Å²) < 4.78 is 27.3. The van der Waals surface area contributed by atoms with Gasteiger partial charge in [-0.2, -0.15) is 0 Å². The predicted octanol–water partition coefficient (Wildman–Crippen LogP) is 2.82. The molecule has 0 saturated carbocycles. The zero-order valence-electron chi connectivity index (χ0n) is 12.0. The van der Waals surface area contributed by atoms with Gasteiger partial charge < -0.3 is 5.11 Å². The third-order valence-electron chi connectivity index (χ3n) is 3.44. The second kappa shape index (κ2) is 5.64. The number of aromatic nitrogens is 1. The smallest absolute Gasteiger partial charge is 0.335 e. The van der Waals surface area contributed by atoms with Crippen molar-refractivity contribution in [2.75, 3.05) is 11.4 Å². The summed E-state index contributed by atoms with van der Waals surface area (Å²) in [5.41, 5.74) is 2.91. The van der Waals surface area contributed by atoms with E-state index in [0.717, 1.165) is 14.5 Å². The molecule has 3 rings (SSSR count). The molecule has 6 nitrogen and oxygen atoms in total. The standard InChI is InChI=1S/C15H12N2O4S2/c1-17(11-4-2-10(3-5-11)15(18)19)23(20,21)12-6-7-13-14(8-12)22-9-16-13/h2-9H,1H3,(H,18,19). The highest BCUT2D eigenvalue weighted by molar-refractivity contribution is 7.92. The number of hydrogen-bond donors (Lipinski definition) is 1. The zero-order chi connectivity index (χ0) is 16.6. The number of rotatable bonds is 4. The van der Waals surface area contributed by atoms with Gasteiger partial charge in [0.15, 0.2) is 0 Å². The van der Waals surface area contributed by atoms with Crippen LogP contribution in [0.15, 0.2) is 52.9 Å². The lowest BCUT2D eigenvalue weighted by atomic mass is 10.2. The van der Waals surface area contributed by atoms with Crippen molar-refractivity contribution >= 4 is 43.2 Å². The molecule has 0 radical (unpaired) electrons. The molecular formula is C15H12N2O4S2. The Kier molecular flexibility index (Phi) is 3.78. The molecule has 3 aromatic rings. The zero-order valence-corrected chi connectivity index (χ0v) is 13.6. The van der Waals surface area contributed by atoms with Crippen molar-refractivity contribution in [1.29, 1.82) is 0 Å². The molecule has 0 aliphatic rings. The minimum Gasteiger partial charge on any atom is -0.478 e. The number of nitrogens with zero attached hydrogens (tertiary/aromatic N) is 2. The van der Waals surface area contributed by atoms with E-state index in [9.17, 15) is 13.2 Å². The molecule has 0 unspecified atom stereocenters. The minimum atomic E-state index is -3.73. The van der Waals surface area contributed by atoms with E-state index in [1.54, 1.807) is 17.6 Å². The SMILES string of the molecule is CN(c1ccc(C(=O)O)cc1)S(=O)(=O)c1ccc2ncsc2c1. The van der Waals surface area contributed by atoms with Gasteiger partial charge in [-0.05, 0) is 42.5 Å². The molecular weight excluding hydrogens is 336 g/mol.